The Morgan fingerprint density at radius 1 is 1.22 bits per heavy atom. The molecule has 1 heterocycles. The van der Waals surface area contributed by atoms with E-state index < -0.39 is 10.0 Å². The van der Waals surface area contributed by atoms with Gasteiger partial charge in [0, 0.05) is 26.2 Å². The van der Waals surface area contributed by atoms with Crippen LogP contribution in [0, 0.1) is 6.92 Å². The van der Waals surface area contributed by atoms with Gasteiger partial charge in [-0.05, 0) is 52.7 Å². The van der Waals surface area contributed by atoms with E-state index in [4.69, 9.17) is 4.74 Å². The average Bonchev–Trinajstić information content (AvgIpc) is 2.76. The fourth-order valence-corrected chi connectivity index (χ4v) is 5.11. The predicted octanol–water partition coefficient (Wildman–Crippen LogP) is 1.93. The summed E-state index contributed by atoms with van der Waals surface area (Å²) < 4.78 is 32.5. The monoisotopic (exact) mass is 524 g/mol. The normalized spacial score (nSPS) is 15.7. The van der Waals surface area contributed by atoms with Crippen LogP contribution in [0.5, 0.6) is 11.5 Å². The molecule has 2 N–H and O–H groups in total. The molecule has 9 nitrogen and oxygen atoms in total. The molecule has 32 heavy (non-hydrogen) atoms. The first kappa shape index (κ1) is 24.2. The summed E-state index contributed by atoms with van der Waals surface area (Å²) in [5.41, 5.74) is 4.09. The lowest BCUT2D eigenvalue weighted by Gasteiger charge is -2.33. The largest absolute Gasteiger partial charge is 0.503 e. The van der Waals surface area contributed by atoms with Crippen molar-refractivity contribution in [1.82, 2.24) is 14.6 Å². The Labute approximate surface area is 195 Å². The van der Waals surface area contributed by atoms with Crippen molar-refractivity contribution in [3.05, 3.63) is 52.0 Å². The highest BCUT2D eigenvalue weighted by atomic mass is 79.9. The Kier molecular flexibility index (Phi) is 7.88. The number of halogens is 1. The minimum atomic E-state index is -3.54. The van der Waals surface area contributed by atoms with Gasteiger partial charge in [-0.1, -0.05) is 17.7 Å². The van der Waals surface area contributed by atoms with Gasteiger partial charge in [-0.3, -0.25) is 9.69 Å². The molecule has 1 aliphatic heterocycles. The number of ether oxygens (including phenoxy) is 1. The number of aryl methyl sites for hydroxylation is 1. The second-order valence-corrected chi connectivity index (χ2v) is 10.1. The second kappa shape index (κ2) is 10.4. The summed E-state index contributed by atoms with van der Waals surface area (Å²) in [5, 5.41) is 13.8. The van der Waals surface area contributed by atoms with Crippen LogP contribution in [0.1, 0.15) is 11.1 Å². The molecule has 0 spiro atoms. The number of phenolic OH excluding ortho intramolecular Hbond substituents is 1. The van der Waals surface area contributed by atoms with Gasteiger partial charge in [-0.25, -0.2) is 13.8 Å². The van der Waals surface area contributed by atoms with Gasteiger partial charge in [0.1, 0.15) is 0 Å². The molecule has 1 fully saturated rings. The van der Waals surface area contributed by atoms with Crippen LogP contribution in [-0.2, 0) is 14.8 Å². The number of benzene rings is 2. The molecule has 1 aliphatic rings. The predicted molar refractivity (Wildman–Crippen MR) is 124 cm³/mol. The first-order chi connectivity index (χ1) is 15.2. The van der Waals surface area contributed by atoms with Gasteiger partial charge in [0.05, 0.1) is 29.2 Å². The Bertz CT molecular complexity index is 1100. The molecule has 172 valence electrons. The lowest BCUT2D eigenvalue weighted by molar-refractivity contribution is -0.122. The lowest BCUT2D eigenvalue weighted by atomic mass is 10.2. The summed E-state index contributed by atoms with van der Waals surface area (Å²) in [7, 11) is -2.10. The number of hydrogen-bond donors (Lipinski definition) is 2. The summed E-state index contributed by atoms with van der Waals surface area (Å²) in [6.45, 7) is 3.54. The number of rotatable bonds is 7. The molecular formula is C21H25BrN4O5S. The minimum absolute atomic E-state index is 0.0165. The number of hydrogen-bond acceptors (Lipinski definition) is 7. The number of piperazine rings is 1. The standard InChI is InChI=1S/C21H25BrN4O5S/c1-15-3-5-17(6-4-15)32(29,30)26-9-7-25(8-10-26)14-20(27)24-23-13-16-11-18(22)21(28)19(12-16)31-2/h3-6,11-13,28H,7-10,14H2,1-2H3,(H,24,27)/b23-13-. The van der Waals surface area contributed by atoms with Gasteiger partial charge in [0.2, 0.25) is 10.0 Å². The van der Waals surface area contributed by atoms with Crippen molar-refractivity contribution < 1.29 is 23.1 Å². The van der Waals surface area contributed by atoms with Crippen molar-refractivity contribution in [2.24, 2.45) is 5.10 Å². The fourth-order valence-electron chi connectivity index (χ4n) is 3.23. The second-order valence-electron chi connectivity index (χ2n) is 7.34. The average molecular weight is 525 g/mol. The van der Waals surface area contributed by atoms with E-state index in [1.165, 1.54) is 17.6 Å². The molecule has 11 heteroatoms. The maximum Gasteiger partial charge on any atom is 0.254 e. The van der Waals surface area contributed by atoms with E-state index in [0.29, 0.717) is 36.2 Å². The highest BCUT2D eigenvalue weighted by Crippen LogP contribution is 2.34. The molecule has 1 saturated heterocycles. The Morgan fingerprint density at radius 3 is 2.50 bits per heavy atom. The van der Waals surface area contributed by atoms with Gasteiger partial charge >= 0.3 is 0 Å². The van der Waals surface area contributed by atoms with Crippen LogP contribution in [0.4, 0.5) is 0 Å². The maximum absolute atomic E-state index is 12.8. The first-order valence-corrected chi connectivity index (χ1v) is 12.1. The molecule has 2 aromatic rings. The van der Waals surface area contributed by atoms with Crippen molar-refractivity contribution in [1.29, 1.82) is 0 Å². The van der Waals surface area contributed by atoms with Crippen molar-refractivity contribution >= 4 is 38.1 Å². The number of phenols is 1. The zero-order valence-electron chi connectivity index (χ0n) is 17.8. The molecule has 1 amide bonds. The third-order valence-electron chi connectivity index (χ3n) is 5.03. The zero-order chi connectivity index (χ0) is 23.3. The number of hydrazone groups is 1. The van der Waals surface area contributed by atoms with Gasteiger partial charge in [-0.15, -0.1) is 0 Å². The number of nitrogens with one attached hydrogen (secondary N) is 1. The summed E-state index contributed by atoms with van der Waals surface area (Å²) >= 11 is 3.23. The molecular weight excluding hydrogens is 500 g/mol. The van der Waals surface area contributed by atoms with Gasteiger partial charge in [-0.2, -0.15) is 9.41 Å². The number of amides is 1. The van der Waals surface area contributed by atoms with Crippen LogP contribution < -0.4 is 10.2 Å². The van der Waals surface area contributed by atoms with Crippen molar-refractivity contribution in [2.75, 3.05) is 39.8 Å². The van der Waals surface area contributed by atoms with Crippen molar-refractivity contribution in [3.63, 3.8) is 0 Å². The van der Waals surface area contributed by atoms with Crippen LogP contribution >= 0.6 is 15.9 Å². The SMILES string of the molecule is COc1cc(/C=N\NC(=O)CN2CCN(S(=O)(=O)c3ccc(C)cc3)CC2)cc(Br)c1O. The third-order valence-corrected chi connectivity index (χ3v) is 7.55. The van der Waals surface area contributed by atoms with Gasteiger partial charge in [0.15, 0.2) is 11.5 Å². The molecule has 0 radical (unpaired) electrons. The van der Waals surface area contributed by atoms with Crippen molar-refractivity contribution in [2.45, 2.75) is 11.8 Å². The summed E-state index contributed by atoms with van der Waals surface area (Å²) in [5.74, 6) is -0.0382. The number of nitrogens with zero attached hydrogens (tertiary/aromatic N) is 3. The quantitative estimate of drug-likeness (QED) is 0.422. The maximum atomic E-state index is 12.8. The molecule has 0 atom stereocenters. The van der Waals surface area contributed by atoms with E-state index in [2.05, 4.69) is 26.5 Å². The zero-order valence-corrected chi connectivity index (χ0v) is 20.2. The molecule has 3 rings (SSSR count). The third kappa shape index (κ3) is 5.85. The highest BCUT2D eigenvalue weighted by Gasteiger charge is 2.28. The summed E-state index contributed by atoms with van der Waals surface area (Å²) in [6.07, 6.45) is 1.44. The minimum Gasteiger partial charge on any atom is -0.503 e. The fraction of sp³-hybridized carbons (Fsp3) is 0.333. The number of carbonyl (C=O) groups is 1. The Morgan fingerprint density at radius 2 is 1.88 bits per heavy atom. The number of sulfonamides is 1. The van der Waals surface area contributed by atoms with E-state index >= 15 is 0 Å². The summed E-state index contributed by atoms with van der Waals surface area (Å²) in [4.78, 5) is 14.4. The van der Waals surface area contributed by atoms with Crippen LogP contribution in [0.3, 0.4) is 0 Å². The number of methoxy groups -OCH3 is 1. The van der Waals surface area contributed by atoms with Crippen LogP contribution in [0.15, 0.2) is 50.9 Å². The van der Waals surface area contributed by atoms with Gasteiger partial charge < -0.3 is 9.84 Å². The van der Waals surface area contributed by atoms with Crippen molar-refractivity contribution in [3.8, 4) is 11.5 Å². The van der Waals surface area contributed by atoms with Crippen LogP contribution in [0.2, 0.25) is 0 Å². The lowest BCUT2D eigenvalue weighted by Crippen LogP contribution is -2.50. The topological polar surface area (TPSA) is 112 Å². The van der Waals surface area contributed by atoms with E-state index in [1.54, 1.807) is 36.4 Å². The number of aromatic hydroxyl groups is 1. The molecule has 0 saturated carbocycles. The van der Waals surface area contributed by atoms with E-state index in [0.717, 1.165) is 5.56 Å². The first-order valence-electron chi connectivity index (χ1n) is 9.88. The van der Waals surface area contributed by atoms with Gasteiger partial charge in [0.25, 0.3) is 5.91 Å². The summed E-state index contributed by atoms with van der Waals surface area (Å²) in [6, 6.07) is 10.0. The molecule has 0 aliphatic carbocycles. The molecule has 0 unspecified atom stereocenters. The van der Waals surface area contributed by atoms with E-state index in [9.17, 15) is 18.3 Å². The Hall–Kier alpha value is -2.47. The molecule has 2 aromatic carbocycles. The molecule has 0 aromatic heterocycles. The van der Waals surface area contributed by atoms with Crippen LogP contribution in [0.25, 0.3) is 0 Å². The smallest absolute Gasteiger partial charge is 0.254 e. The molecule has 0 bridgehead atoms. The van der Waals surface area contributed by atoms with E-state index in [1.807, 2.05) is 11.8 Å². The van der Waals surface area contributed by atoms with E-state index in [-0.39, 0.29) is 28.8 Å². The number of carbonyl (C=O) groups excluding carboxylic acids is 1. The highest BCUT2D eigenvalue weighted by molar-refractivity contribution is 9.10. The Balaban J connectivity index is 1.50. The van der Waals surface area contributed by atoms with Crippen LogP contribution in [-0.4, -0.2) is 74.7 Å².